The third kappa shape index (κ3) is 6.58. The van der Waals surface area contributed by atoms with Gasteiger partial charge >= 0.3 is 0 Å². The zero-order valence-corrected chi connectivity index (χ0v) is 8.81. The molecule has 0 heterocycles. The van der Waals surface area contributed by atoms with Gasteiger partial charge in [0.05, 0.1) is 6.54 Å². The van der Waals surface area contributed by atoms with E-state index in [1.54, 1.807) is 0 Å². The Balaban J connectivity index is 0.000000424. The highest BCUT2D eigenvalue weighted by Gasteiger charge is 2.15. The molecule has 0 aromatic carbocycles. The first-order valence-corrected chi connectivity index (χ1v) is 5.24. The van der Waals surface area contributed by atoms with Crippen LogP contribution in [0.15, 0.2) is 0 Å². The van der Waals surface area contributed by atoms with Gasteiger partial charge in [-0.25, -0.2) is 0 Å². The molecule has 1 aliphatic rings. The van der Waals surface area contributed by atoms with Crippen molar-refractivity contribution in [2.45, 2.75) is 52.0 Å². The van der Waals surface area contributed by atoms with Gasteiger partial charge in [0.1, 0.15) is 0 Å². The molecule has 3 N–H and O–H groups in total. The van der Waals surface area contributed by atoms with E-state index in [9.17, 15) is 4.79 Å². The van der Waals surface area contributed by atoms with E-state index in [1.165, 1.54) is 19.3 Å². The topological polar surface area (TPSA) is 55.1 Å². The van der Waals surface area contributed by atoms with Crippen LogP contribution in [0.4, 0.5) is 0 Å². The highest BCUT2D eigenvalue weighted by atomic mass is 16.1. The third-order valence-corrected chi connectivity index (χ3v) is 1.91. The SMILES string of the molecule is CCC.NCC(=O)NC1CCCC1. The van der Waals surface area contributed by atoms with Crippen LogP contribution in [0.1, 0.15) is 46.0 Å². The monoisotopic (exact) mass is 186 g/mol. The zero-order chi connectivity index (χ0) is 10.1. The molecule has 0 aromatic rings. The summed E-state index contributed by atoms with van der Waals surface area (Å²) in [6.45, 7) is 4.37. The Labute approximate surface area is 81.1 Å². The standard InChI is InChI=1S/C7H14N2O.C3H8/c8-5-7(10)9-6-3-1-2-4-6;1-3-2/h6H,1-5,8H2,(H,9,10);3H2,1-2H3. The Morgan fingerprint density at radius 3 is 2.23 bits per heavy atom. The molecule has 0 aliphatic heterocycles. The fourth-order valence-electron chi connectivity index (χ4n) is 1.36. The summed E-state index contributed by atoms with van der Waals surface area (Å²) in [5, 5.41) is 2.86. The molecular formula is C10H22N2O. The molecule has 0 spiro atoms. The van der Waals surface area contributed by atoms with E-state index in [4.69, 9.17) is 5.73 Å². The molecule has 1 fully saturated rings. The van der Waals surface area contributed by atoms with Gasteiger partial charge in [0, 0.05) is 6.04 Å². The van der Waals surface area contributed by atoms with Crippen molar-refractivity contribution >= 4 is 5.91 Å². The quantitative estimate of drug-likeness (QED) is 0.685. The summed E-state index contributed by atoms with van der Waals surface area (Å²) in [7, 11) is 0. The van der Waals surface area contributed by atoms with Gasteiger partial charge in [-0.1, -0.05) is 33.1 Å². The van der Waals surface area contributed by atoms with Gasteiger partial charge in [-0.3, -0.25) is 4.79 Å². The lowest BCUT2D eigenvalue weighted by Gasteiger charge is -2.09. The molecular weight excluding hydrogens is 164 g/mol. The molecule has 0 saturated heterocycles. The van der Waals surface area contributed by atoms with Crippen molar-refractivity contribution in [2.24, 2.45) is 5.73 Å². The van der Waals surface area contributed by atoms with E-state index in [0.29, 0.717) is 6.04 Å². The maximum atomic E-state index is 10.7. The van der Waals surface area contributed by atoms with Crippen molar-refractivity contribution in [3.05, 3.63) is 0 Å². The number of nitrogens with one attached hydrogen (secondary N) is 1. The maximum absolute atomic E-state index is 10.7. The summed E-state index contributed by atoms with van der Waals surface area (Å²) in [5.41, 5.74) is 5.14. The second kappa shape index (κ2) is 8.05. The molecule has 0 unspecified atom stereocenters. The molecule has 3 nitrogen and oxygen atoms in total. The van der Waals surface area contributed by atoms with Gasteiger partial charge in [0.2, 0.25) is 5.91 Å². The van der Waals surface area contributed by atoms with Crippen LogP contribution in [0.25, 0.3) is 0 Å². The van der Waals surface area contributed by atoms with E-state index in [-0.39, 0.29) is 12.5 Å². The molecule has 13 heavy (non-hydrogen) atoms. The minimum atomic E-state index is -0.0214. The van der Waals surface area contributed by atoms with Crippen LogP contribution < -0.4 is 11.1 Å². The Morgan fingerprint density at radius 1 is 1.38 bits per heavy atom. The minimum Gasteiger partial charge on any atom is -0.352 e. The van der Waals surface area contributed by atoms with E-state index in [1.807, 2.05) is 0 Å². The Morgan fingerprint density at radius 2 is 1.85 bits per heavy atom. The lowest BCUT2D eigenvalue weighted by atomic mass is 10.2. The van der Waals surface area contributed by atoms with E-state index >= 15 is 0 Å². The number of nitrogens with two attached hydrogens (primary N) is 1. The van der Waals surface area contributed by atoms with Crippen molar-refractivity contribution in [1.29, 1.82) is 0 Å². The molecule has 0 bridgehead atoms. The first-order chi connectivity index (χ1) is 6.24. The van der Waals surface area contributed by atoms with Gasteiger partial charge in [0.25, 0.3) is 0 Å². The highest BCUT2D eigenvalue weighted by molar-refractivity contribution is 5.78. The smallest absolute Gasteiger partial charge is 0.233 e. The second-order valence-electron chi connectivity index (χ2n) is 3.46. The second-order valence-corrected chi connectivity index (χ2v) is 3.46. The van der Waals surface area contributed by atoms with Gasteiger partial charge in [-0.2, -0.15) is 0 Å². The van der Waals surface area contributed by atoms with E-state index in [2.05, 4.69) is 19.2 Å². The van der Waals surface area contributed by atoms with E-state index < -0.39 is 0 Å². The van der Waals surface area contributed by atoms with Crippen molar-refractivity contribution in [3.63, 3.8) is 0 Å². The average molecular weight is 186 g/mol. The Bertz CT molecular complexity index is 131. The van der Waals surface area contributed by atoms with E-state index in [0.717, 1.165) is 12.8 Å². The van der Waals surface area contributed by atoms with Crippen molar-refractivity contribution in [3.8, 4) is 0 Å². The van der Waals surface area contributed by atoms with Crippen molar-refractivity contribution in [2.75, 3.05) is 6.54 Å². The summed E-state index contributed by atoms with van der Waals surface area (Å²) < 4.78 is 0. The fraction of sp³-hybridized carbons (Fsp3) is 0.900. The van der Waals surface area contributed by atoms with Crippen LogP contribution in [0.2, 0.25) is 0 Å². The lowest BCUT2D eigenvalue weighted by Crippen LogP contribution is -2.36. The number of hydrogen-bond donors (Lipinski definition) is 2. The summed E-state index contributed by atoms with van der Waals surface area (Å²) in [5.74, 6) is -0.0214. The van der Waals surface area contributed by atoms with Crippen LogP contribution in [0.5, 0.6) is 0 Å². The predicted octanol–water partition coefficient (Wildman–Crippen LogP) is 1.42. The Hall–Kier alpha value is -0.570. The molecule has 0 atom stereocenters. The number of rotatable bonds is 2. The summed E-state index contributed by atoms with van der Waals surface area (Å²) in [4.78, 5) is 10.7. The summed E-state index contributed by atoms with van der Waals surface area (Å²) in [6.07, 6.45) is 6.00. The predicted molar refractivity (Wildman–Crippen MR) is 55.4 cm³/mol. The van der Waals surface area contributed by atoms with Gasteiger partial charge < -0.3 is 11.1 Å². The maximum Gasteiger partial charge on any atom is 0.233 e. The molecule has 1 rings (SSSR count). The van der Waals surface area contributed by atoms with Gasteiger partial charge in [0.15, 0.2) is 0 Å². The molecule has 1 aliphatic carbocycles. The van der Waals surface area contributed by atoms with Crippen LogP contribution >= 0.6 is 0 Å². The van der Waals surface area contributed by atoms with Crippen LogP contribution in [0.3, 0.4) is 0 Å². The summed E-state index contributed by atoms with van der Waals surface area (Å²) >= 11 is 0. The molecule has 3 heteroatoms. The van der Waals surface area contributed by atoms with Gasteiger partial charge in [-0.05, 0) is 12.8 Å². The summed E-state index contributed by atoms with van der Waals surface area (Å²) in [6, 6.07) is 0.413. The largest absolute Gasteiger partial charge is 0.352 e. The van der Waals surface area contributed by atoms with Gasteiger partial charge in [-0.15, -0.1) is 0 Å². The molecule has 1 amide bonds. The third-order valence-electron chi connectivity index (χ3n) is 1.91. The van der Waals surface area contributed by atoms with Crippen LogP contribution in [-0.4, -0.2) is 18.5 Å². The lowest BCUT2D eigenvalue weighted by molar-refractivity contribution is -0.120. The number of amides is 1. The zero-order valence-electron chi connectivity index (χ0n) is 8.81. The molecule has 0 radical (unpaired) electrons. The molecule has 1 saturated carbocycles. The number of hydrogen-bond acceptors (Lipinski definition) is 2. The van der Waals surface area contributed by atoms with Crippen molar-refractivity contribution < 1.29 is 4.79 Å². The average Bonchev–Trinajstić information content (AvgIpc) is 2.58. The number of carbonyl (C=O) groups is 1. The number of carbonyl (C=O) groups excluding carboxylic acids is 1. The minimum absolute atomic E-state index is 0.0214. The molecule has 78 valence electrons. The first kappa shape index (κ1) is 12.4. The first-order valence-electron chi connectivity index (χ1n) is 5.24. The highest BCUT2D eigenvalue weighted by Crippen LogP contribution is 2.17. The fourth-order valence-corrected chi connectivity index (χ4v) is 1.36. The van der Waals surface area contributed by atoms with Crippen molar-refractivity contribution in [1.82, 2.24) is 5.32 Å². The van der Waals surface area contributed by atoms with Crippen LogP contribution in [0, 0.1) is 0 Å². The normalized spacial score (nSPS) is 16.2. The Kier molecular flexibility index (Phi) is 7.69. The van der Waals surface area contributed by atoms with Crippen LogP contribution in [-0.2, 0) is 4.79 Å². The molecule has 0 aromatic heterocycles.